The number of unbranched alkanes of at least 4 members (excludes halogenated alkanes) is 2. The van der Waals surface area contributed by atoms with E-state index in [0.29, 0.717) is 35.8 Å². The second kappa shape index (κ2) is 15.8. The molecule has 4 rings (SSSR count). The topological polar surface area (TPSA) is 158 Å². The van der Waals surface area contributed by atoms with Gasteiger partial charge in [0.25, 0.3) is 0 Å². The van der Waals surface area contributed by atoms with Crippen LogP contribution in [0.5, 0.6) is 11.5 Å². The van der Waals surface area contributed by atoms with Crippen LogP contribution in [-0.4, -0.2) is 30.0 Å². The number of hydrogen-bond donors (Lipinski definition) is 2. The van der Waals surface area contributed by atoms with E-state index in [2.05, 4.69) is 9.44 Å². The Morgan fingerprint density at radius 1 is 0.511 bits per heavy atom. The summed E-state index contributed by atoms with van der Waals surface area (Å²) in [6.45, 7) is 1.34. The lowest BCUT2D eigenvalue weighted by atomic mass is 10.2. The molecule has 0 heterocycles. The largest absolute Gasteiger partial charge is 0.494 e. The van der Waals surface area contributed by atoms with Gasteiger partial charge in [-0.1, -0.05) is 24.3 Å². The summed E-state index contributed by atoms with van der Waals surface area (Å²) in [7, 11) is -7.37. The lowest BCUT2D eigenvalue weighted by Crippen LogP contribution is -2.23. The zero-order valence-electron chi connectivity index (χ0n) is 24.3. The van der Waals surface area contributed by atoms with Crippen molar-refractivity contribution in [3.63, 3.8) is 0 Å². The maximum absolute atomic E-state index is 12.5. The number of sulfonamides is 2. The van der Waals surface area contributed by atoms with Gasteiger partial charge in [-0.3, -0.25) is 0 Å². The molecule has 0 saturated heterocycles. The minimum absolute atomic E-state index is 0.102. The van der Waals surface area contributed by atoms with Gasteiger partial charge in [-0.25, -0.2) is 26.3 Å². The molecule has 0 aliphatic carbocycles. The Morgan fingerprint density at radius 3 is 1.20 bits per heavy atom. The molecule has 12 heteroatoms. The number of benzene rings is 4. The van der Waals surface area contributed by atoms with Crippen molar-refractivity contribution in [2.45, 2.75) is 42.1 Å². The molecule has 45 heavy (non-hydrogen) atoms. The summed E-state index contributed by atoms with van der Waals surface area (Å²) in [6.07, 6.45) is 2.59. The first kappa shape index (κ1) is 33.2. The van der Waals surface area contributed by atoms with Crippen LogP contribution in [0.15, 0.2) is 107 Å². The number of nitrogens with zero attached hydrogens (tertiary/aromatic N) is 2. The van der Waals surface area contributed by atoms with Crippen molar-refractivity contribution in [3.8, 4) is 23.6 Å². The Kier molecular flexibility index (Phi) is 11.7. The van der Waals surface area contributed by atoms with Crippen LogP contribution >= 0.6 is 0 Å². The molecule has 0 spiro atoms. The second-order valence-corrected chi connectivity index (χ2v) is 13.5. The lowest BCUT2D eigenvalue weighted by Gasteiger charge is -2.10. The molecule has 232 valence electrons. The zero-order chi connectivity index (χ0) is 32.1. The Balaban J connectivity index is 1.09. The summed E-state index contributed by atoms with van der Waals surface area (Å²) in [4.78, 5) is 0.204. The van der Waals surface area contributed by atoms with E-state index in [9.17, 15) is 16.8 Å². The molecule has 0 aromatic heterocycles. The first-order valence-electron chi connectivity index (χ1n) is 14.1. The fraction of sp³-hybridized carbons (Fsp3) is 0.212. The van der Waals surface area contributed by atoms with E-state index in [1.807, 2.05) is 12.1 Å². The number of nitrogens with one attached hydrogen (secondary N) is 2. The van der Waals surface area contributed by atoms with Crippen LogP contribution in [0.25, 0.3) is 0 Å². The first-order valence-corrected chi connectivity index (χ1v) is 17.1. The van der Waals surface area contributed by atoms with Crippen molar-refractivity contribution in [2.24, 2.45) is 0 Å². The van der Waals surface area contributed by atoms with Gasteiger partial charge in [-0.05, 0) is 103 Å². The minimum atomic E-state index is -3.69. The van der Waals surface area contributed by atoms with Crippen molar-refractivity contribution in [3.05, 3.63) is 119 Å². The van der Waals surface area contributed by atoms with Gasteiger partial charge < -0.3 is 9.47 Å². The third-order valence-electron chi connectivity index (χ3n) is 6.69. The average molecular weight is 645 g/mol. The van der Waals surface area contributed by atoms with Crippen LogP contribution in [-0.2, 0) is 33.1 Å². The smallest absolute Gasteiger partial charge is 0.240 e. The standard InChI is InChI=1S/C33H32N4O6S2/c34-22-26-8-16-32(17-9-26)44(38,39)36-24-28-4-12-30(13-5-28)42-20-2-1-3-21-43-31-14-6-29(7-15-31)25-37-45(40,41)33-18-10-27(23-35)11-19-33/h4-19,36-37H,1-3,20-21,24-25H2. The number of nitriles is 2. The van der Waals surface area contributed by atoms with E-state index in [1.165, 1.54) is 48.5 Å². The fourth-order valence-electron chi connectivity index (χ4n) is 4.11. The van der Waals surface area contributed by atoms with Crippen LogP contribution < -0.4 is 18.9 Å². The highest BCUT2D eigenvalue weighted by atomic mass is 32.2. The van der Waals surface area contributed by atoms with Crippen molar-refractivity contribution in [1.82, 2.24) is 9.44 Å². The second-order valence-electron chi connectivity index (χ2n) is 9.97. The molecule has 4 aromatic carbocycles. The van der Waals surface area contributed by atoms with E-state index in [0.717, 1.165) is 30.4 Å². The summed E-state index contributed by atoms with van der Waals surface area (Å²) in [6, 6.07) is 29.8. The van der Waals surface area contributed by atoms with E-state index in [1.54, 1.807) is 48.5 Å². The maximum atomic E-state index is 12.5. The van der Waals surface area contributed by atoms with Gasteiger partial charge in [-0.15, -0.1) is 0 Å². The first-order chi connectivity index (χ1) is 21.7. The highest BCUT2D eigenvalue weighted by Crippen LogP contribution is 2.17. The predicted molar refractivity (Wildman–Crippen MR) is 168 cm³/mol. The number of ether oxygens (including phenoxy) is 2. The summed E-state index contributed by atoms with van der Waals surface area (Å²) in [5.74, 6) is 1.40. The molecule has 4 aromatic rings. The van der Waals surface area contributed by atoms with Gasteiger partial charge in [0, 0.05) is 13.1 Å². The van der Waals surface area contributed by atoms with Crippen molar-refractivity contribution >= 4 is 20.0 Å². The molecule has 0 radical (unpaired) electrons. The predicted octanol–water partition coefficient (Wildman–Crippen LogP) is 5.02. The normalized spacial score (nSPS) is 11.3. The lowest BCUT2D eigenvalue weighted by molar-refractivity contribution is 0.279. The van der Waals surface area contributed by atoms with Crippen LogP contribution in [0.1, 0.15) is 41.5 Å². The molecular weight excluding hydrogens is 613 g/mol. The molecule has 0 bridgehead atoms. The van der Waals surface area contributed by atoms with Crippen molar-refractivity contribution in [1.29, 1.82) is 10.5 Å². The Labute approximate surface area is 264 Å². The van der Waals surface area contributed by atoms with Crippen LogP contribution in [0, 0.1) is 22.7 Å². The molecular formula is C33H32N4O6S2. The summed E-state index contributed by atoms with van der Waals surface area (Å²) in [5.41, 5.74) is 2.36. The highest BCUT2D eigenvalue weighted by molar-refractivity contribution is 7.89. The molecule has 0 atom stereocenters. The minimum Gasteiger partial charge on any atom is -0.494 e. The van der Waals surface area contributed by atoms with E-state index < -0.39 is 20.0 Å². The maximum Gasteiger partial charge on any atom is 0.240 e. The quantitative estimate of drug-likeness (QED) is 0.161. The summed E-state index contributed by atoms with van der Waals surface area (Å²) >= 11 is 0. The van der Waals surface area contributed by atoms with Crippen molar-refractivity contribution in [2.75, 3.05) is 13.2 Å². The summed E-state index contributed by atoms with van der Waals surface area (Å²) < 4.78 is 66.6. The van der Waals surface area contributed by atoms with E-state index >= 15 is 0 Å². The molecule has 0 aliphatic rings. The SMILES string of the molecule is N#Cc1ccc(S(=O)(=O)NCc2ccc(OCCCCCOc3ccc(CNS(=O)(=O)c4ccc(C#N)cc4)cc3)cc2)cc1. The molecule has 0 unspecified atom stereocenters. The fourth-order valence-corrected chi connectivity index (χ4v) is 6.14. The zero-order valence-corrected chi connectivity index (χ0v) is 26.0. The van der Waals surface area contributed by atoms with Gasteiger partial charge in [0.15, 0.2) is 0 Å². The Morgan fingerprint density at radius 2 is 0.867 bits per heavy atom. The monoisotopic (exact) mass is 644 g/mol. The van der Waals surface area contributed by atoms with Crippen molar-refractivity contribution < 1.29 is 26.3 Å². The third-order valence-corrected chi connectivity index (χ3v) is 9.53. The average Bonchev–Trinajstić information content (AvgIpc) is 3.07. The molecule has 0 fully saturated rings. The molecule has 2 N–H and O–H groups in total. The van der Waals surface area contributed by atoms with Gasteiger partial charge in [-0.2, -0.15) is 10.5 Å². The van der Waals surface area contributed by atoms with E-state index in [4.69, 9.17) is 20.0 Å². The van der Waals surface area contributed by atoms with Gasteiger partial charge in [0.1, 0.15) is 11.5 Å². The number of hydrogen-bond acceptors (Lipinski definition) is 8. The number of rotatable bonds is 16. The van der Waals surface area contributed by atoms with Crippen LogP contribution in [0.4, 0.5) is 0 Å². The molecule has 0 saturated carbocycles. The molecule has 0 aliphatic heterocycles. The van der Waals surface area contributed by atoms with Gasteiger partial charge in [0.2, 0.25) is 20.0 Å². The van der Waals surface area contributed by atoms with Gasteiger partial charge >= 0.3 is 0 Å². The van der Waals surface area contributed by atoms with E-state index in [-0.39, 0.29) is 22.9 Å². The third kappa shape index (κ3) is 10.2. The Hall–Kier alpha value is -4.72. The molecule has 10 nitrogen and oxygen atoms in total. The van der Waals surface area contributed by atoms with Crippen LogP contribution in [0.2, 0.25) is 0 Å². The van der Waals surface area contributed by atoms with Crippen LogP contribution in [0.3, 0.4) is 0 Å². The van der Waals surface area contributed by atoms with Gasteiger partial charge in [0.05, 0.1) is 46.3 Å². The summed E-state index contributed by atoms with van der Waals surface area (Å²) in [5, 5.41) is 17.7. The highest BCUT2D eigenvalue weighted by Gasteiger charge is 2.14. The molecule has 0 amide bonds. The Bertz CT molecular complexity index is 1710.